The molecule has 0 fully saturated rings. The Bertz CT molecular complexity index is 1560. The number of nitrogens with zero attached hydrogens (tertiary/aromatic N) is 3. The molecule has 2 aromatic carbocycles. The first-order chi connectivity index (χ1) is 19.6. The van der Waals surface area contributed by atoms with Crippen molar-refractivity contribution in [2.24, 2.45) is 18.7 Å². The van der Waals surface area contributed by atoms with Crippen LogP contribution in [0.25, 0.3) is 16.8 Å². The zero-order chi connectivity index (χ0) is 29.3. The third kappa shape index (κ3) is 6.26. The molecule has 0 saturated carbocycles. The standard InChI is InChI=1S/C30H31Cl2FN6O2/c1-17-4-3-5-26(19-10-20(12-22(33)11-19)29-25(37-30(17)41)15-36-38(29)2)39-9-8-18(13-28(39)40)23-14-21(31)6-7-24(23)35-16-27(32)34/h6-7,10-17,26,35H,3-5,8-9,34H2,1-2H3,(H,37,41)/b27-16-. The Morgan fingerprint density at radius 1 is 1.22 bits per heavy atom. The number of fused-ring (bicyclic) bond motifs is 4. The minimum Gasteiger partial charge on any atom is -0.388 e. The predicted molar refractivity (Wildman–Crippen MR) is 160 cm³/mol. The third-order valence-electron chi connectivity index (χ3n) is 7.61. The van der Waals surface area contributed by atoms with Gasteiger partial charge in [-0.3, -0.25) is 14.3 Å². The molecule has 8 nitrogen and oxygen atoms in total. The maximum atomic E-state index is 15.1. The highest BCUT2D eigenvalue weighted by atomic mass is 35.5. The summed E-state index contributed by atoms with van der Waals surface area (Å²) in [7, 11) is 1.75. The van der Waals surface area contributed by atoms with E-state index in [4.69, 9.17) is 28.9 Å². The number of aryl methyl sites for hydroxylation is 1. The number of nitrogens with one attached hydrogen (secondary N) is 2. The van der Waals surface area contributed by atoms with E-state index in [1.807, 2.05) is 13.0 Å². The first-order valence-corrected chi connectivity index (χ1v) is 14.2. The summed E-state index contributed by atoms with van der Waals surface area (Å²) in [6.07, 6.45) is 7.09. The van der Waals surface area contributed by atoms with Gasteiger partial charge >= 0.3 is 0 Å². The number of halogens is 3. The maximum Gasteiger partial charge on any atom is 0.247 e. The van der Waals surface area contributed by atoms with Crippen LogP contribution in [0.5, 0.6) is 0 Å². The van der Waals surface area contributed by atoms with Crippen molar-refractivity contribution in [3.05, 3.63) is 82.0 Å². The summed E-state index contributed by atoms with van der Waals surface area (Å²) in [5.74, 6) is -0.967. The van der Waals surface area contributed by atoms with Gasteiger partial charge in [-0.15, -0.1) is 0 Å². The summed E-state index contributed by atoms with van der Waals surface area (Å²) < 4.78 is 16.7. The number of aromatic nitrogens is 2. The molecule has 2 aliphatic heterocycles. The fraction of sp³-hybridized carbons (Fsp3) is 0.300. The van der Waals surface area contributed by atoms with Crippen LogP contribution in [0.2, 0.25) is 5.02 Å². The van der Waals surface area contributed by atoms with Gasteiger partial charge in [0.15, 0.2) is 0 Å². The van der Waals surface area contributed by atoms with Crippen LogP contribution in [-0.4, -0.2) is 33.0 Å². The van der Waals surface area contributed by atoms with E-state index in [0.717, 1.165) is 11.1 Å². The van der Waals surface area contributed by atoms with Gasteiger partial charge in [0.05, 0.1) is 23.6 Å². The van der Waals surface area contributed by atoms with E-state index in [9.17, 15) is 9.59 Å². The Morgan fingerprint density at radius 2 is 2.02 bits per heavy atom. The zero-order valence-electron chi connectivity index (χ0n) is 22.8. The third-order valence-corrected chi connectivity index (χ3v) is 7.95. The number of hydrogen-bond acceptors (Lipinski definition) is 5. The van der Waals surface area contributed by atoms with Gasteiger partial charge in [-0.25, -0.2) is 4.39 Å². The number of hydrogen-bond donors (Lipinski definition) is 3. The molecule has 0 aliphatic carbocycles. The van der Waals surface area contributed by atoms with Crippen LogP contribution in [0.15, 0.2) is 60.0 Å². The molecule has 4 N–H and O–H groups in total. The number of benzene rings is 2. The number of carbonyl (C=O) groups is 2. The number of carbonyl (C=O) groups excluding carboxylic acids is 2. The SMILES string of the molecule is CC1CCCC(N2CCC(c3cc(Cl)ccc3N/C=C(\N)Cl)=CC2=O)c2cc(F)cc(c2)-c2c(cnn2C)NC1=O. The molecular weight excluding hydrogens is 566 g/mol. The lowest BCUT2D eigenvalue weighted by molar-refractivity contribution is -0.129. The normalized spacial score (nSPS) is 20.0. The van der Waals surface area contributed by atoms with Crippen molar-refractivity contribution in [2.45, 2.75) is 38.6 Å². The van der Waals surface area contributed by atoms with E-state index in [2.05, 4.69) is 15.7 Å². The minimum atomic E-state index is -0.423. The van der Waals surface area contributed by atoms with Gasteiger partial charge in [0.1, 0.15) is 11.0 Å². The van der Waals surface area contributed by atoms with Gasteiger partial charge in [0, 0.05) is 53.6 Å². The first kappa shape index (κ1) is 28.7. The van der Waals surface area contributed by atoms with Crippen molar-refractivity contribution in [3.63, 3.8) is 0 Å². The van der Waals surface area contributed by atoms with E-state index in [1.54, 1.807) is 47.1 Å². The molecule has 0 spiro atoms. The van der Waals surface area contributed by atoms with Crippen LogP contribution in [0.1, 0.15) is 49.8 Å². The van der Waals surface area contributed by atoms with Crippen molar-refractivity contribution in [1.29, 1.82) is 0 Å². The van der Waals surface area contributed by atoms with Gasteiger partial charge in [0.25, 0.3) is 0 Å². The van der Waals surface area contributed by atoms with Crippen LogP contribution in [0.4, 0.5) is 15.8 Å². The predicted octanol–water partition coefficient (Wildman–Crippen LogP) is 6.40. The zero-order valence-corrected chi connectivity index (χ0v) is 24.3. The van der Waals surface area contributed by atoms with E-state index in [-0.39, 0.29) is 28.9 Å². The van der Waals surface area contributed by atoms with Crippen molar-refractivity contribution in [3.8, 4) is 11.3 Å². The Morgan fingerprint density at radius 3 is 2.78 bits per heavy atom. The molecule has 2 atom stereocenters. The van der Waals surface area contributed by atoms with Gasteiger partial charge < -0.3 is 21.3 Å². The van der Waals surface area contributed by atoms with Crippen molar-refractivity contribution in [2.75, 3.05) is 17.2 Å². The minimum absolute atomic E-state index is 0.0905. The average molecular weight is 598 g/mol. The van der Waals surface area contributed by atoms with Gasteiger partial charge in [-0.1, -0.05) is 36.5 Å². The summed E-state index contributed by atoms with van der Waals surface area (Å²) in [4.78, 5) is 28.4. The summed E-state index contributed by atoms with van der Waals surface area (Å²) in [6.45, 7) is 2.31. The summed E-state index contributed by atoms with van der Waals surface area (Å²) in [6, 6.07) is 9.77. The summed E-state index contributed by atoms with van der Waals surface area (Å²) >= 11 is 12.1. The molecule has 0 saturated heterocycles. The molecule has 2 amide bonds. The fourth-order valence-electron chi connectivity index (χ4n) is 5.55. The van der Waals surface area contributed by atoms with Crippen LogP contribution in [0.3, 0.4) is 0 Å². The molecule has 5 rings (SSSR count). The molecule has 3 aromatic rings. The molecule has 11 heteroatoms. The maximum absolute atomic E-state index is 15.1. The van der Waals surface area contributed by atoms with Gasteiger partial charge in [0.2, 0.25) is 11.8 Å². The average Bonchev–Trinajstić information content (AvgIpc) is 3.29. The lowest BCUT2D eigenvalue weighted by Gasteiger charge is -2.35. The van der Waals surface area contributed by atoms with E-state index >= 15 is 4.39 Å². The fourth-order valence-corrected chi connectivity index (χ4v) is 5.78. The molecule has 3 heterocycles. The van der Waals surface area contributed by atoms with Crippen LogP contribution in [-0.2, 0) is 16.6 Å². The van der Waals surface area contributed by atoms with Crippen LogP contribution < -0.4 is 16.4 Å². The molecule has 214 valence electrons. The van der Waals surface area contributed by atoms with Crippen molar-refractivity contribution < 1.29 is 14.0 Å². The van der Waals surface area contributed by atoms with Gasteiger partial charge in [-0.05, 0) is 66.8 Å². The molecule has 41 heavy (non-hydrogen) atoms. The van der Waals surface area contributed by atoms with Gasteiger partial charge in [-0.2, -0.15) is 5.10 Å². The highest BCUT2D eigenvalue weighted by Crippen LogP contribution is 2.38. The van der Waals surface area contributed by atoms with Crippen LogP contribution >= 0.6 is 23.2 Å². The number of amides is 2. The quantitative estimate of drug-likeness (QED) is 0.302. The molecule has 0 radical (unpaired) electrons. The molecular formula is C30H31Cl2FN6O2. The molecule has 2 bridgehead atoms. The lowest BCUT2D eigenvalue weighted by atomic mass is 9.91. The Hall–Kier alpha value is -3.82. The first-order valence-electron chi connectivity index (χ1n) is 13.4. The van der Waals surface area contributed by atoms with Crippen LogP contribution in [0, 0.1) is 11.7 Å². The van der Waals surface area contributed by atoms with E-state index in [0.29, 0.717) is 65.4 Å². The smallest absolute Gasteiger partial charge is 0.247 e. The van der Waals surface area contributed by atoms with Crippen molar-refractivity contribution >= 4 is 52.0 Å². The van der Waals surface area contributed by atoms with E-state index in [1.165, 1.54) is 18.3 Å². The molecule has 2 unspecified atom stereocenters. The second-order valence-electron chi connectivity index (χ2n) is 10.5. The summed E-state index contributed by atoms with van der Waals surface area (Å²) in [5, 5.41) is 10.9. The number of anilines is 2. The monoisotopic (exact) mass is 596 g/mol. The Labute approximate surface area is 248 Å². The highest BCUT2D eigenvalue weighted by molar-refractivity contribution is 6.31. The second-order valence-corrected chi connectivity index (χ2v) is 11.3. The second kappa shape index (κ2) is 12.0. The number of nitrogens with two attached hydrogens (primary N) is 1. The lowest BCUT2D eigenvalue weighted by Crippen LogP contribution is -2.37. The van der Waals surface area contributed by atoms with Crippen molar-refractivity contribution in [1.82, 2.24) is 14.7 Å². The number of rotatable bonds is 4. The van der Waals surface area contributed by atoms with E-state index < -0.39 is 5.82 Å². The largest absolute Gasteiger partial charge is 0.388 e. The Kier molecular flexibility index (Phi) is 8.37. The molecule has 1 aromatic heterocycles. The Balaban J connectivity index is 1.53. The summed E-state index contributed by atoms with van der Waals surface area (Å²) in [5.41, 5.74) is 10.3. The highest BCUT2D eigenvalue weighted by Gasteiger charge is 2.30. The molecule has 2 aliphatic rings. The topological polar surface area (TPSA) is 105 Å².